The molecular formula is C15H15N3O2S. The van der Waals surface area contributed by atoms with Gasteiger partial charge in [-0.3, -0.25) is 4.79 Å². The zero-order valence-corrected chi connectivity index (χ0v) is 12.2. The van der Waals surface area contributed by atoms with E-state index in [0.29, 0.717) is 11.2 Å². The zero-order chi connectivity index (χ0) is 14.4. The first-order valence-corrected chi connectivity index (χ1v) is 8.00. The van der Waals surface area contributed by atoms with Crippen LogP contribution in [0, 0.1) is 0 Å². The first kappa shape index (κ1) is 12.6. The van der Waals surface area contributed by atoms with Gasteiger partial charge >= 0.3 is 0 Å². The van der Waals surface area contributed by atoms with Crippen molar-refractivity contribution < 1.29 is 5.11 Å². The van der Waals surface area contributed by atoms with Crippen molar-refractivity contribution in [3.05, 3.63) is 39.6 Å². The van der Waals surface area contributed by atoms with Crippen molar-refractivity contribution in [1.29, 1.82) is 0 Å². The van der Waals surface area contributed by atoms with Gasteiger partial charge in [0, 0.05) is 4.88 Å². The molecule has 6 heteroatoms. The van der Waals surface area contributed by atoms with Crippen LogP contribution in [0.4, 0.5) is 0 Å². The Morgan fingerprint density at radius 2 is 2.19 bits per heavy atom. The molecule has 0 unspecified atom stereocenters. The maximum absolute atomic E-state index is 12.4. The monoisotopic (exact) mass is 301 g/mol. The first-order chi connectivity index (χ1) is 10.3. The van der Waals surface area contributed by atoms with E-state index >= 15 is 0 Å². The summed E-state index contributed by atoms with van der Waals surface area (Å²) in [5, 5.41) is 16.7. The first-order valence-electron chi connectivity index (χ1n) is 7.12. The summed E-state index contributed by atoms with van der Waals surface area (Å²) in [4.78, 5) is 16.3. The minimum atomic E-state index is -0.190. The molecule has 5 nitrogen and oxygen atoms in total. The minimum absolute atomic E-state index is 0.0107. The van der Waals surface area contributed by atoms with Gasteiger partial charge in [0.15, 0.2) is 0 Å². The van der Waals surface area contributed by atoms with Crippen molar-refractivity contribution in [2.45, 2.75) is 31.6 Å². The molecule has 3 aromatic heterocycles. The molecule has 1 aliphatic carbocycles. The SMILES string of the molecule is O=c1[nH]c2c(-c3cccs3)cnn2c(O)c1C1CCCC1. The van der Waals surface area contributed by atoms with Crippen molar-refractivity contribution in [2.24, 2.45) is 0 Å². The van der Waals surface area contributed by atoms with Gasteiger partial charge in [0.1, 0.15) is 5.65 Å². The molecule has 0 radical (unpaired) electrons. The summed E-state index contributed by atoms with van der Waals surface area (Å²) in [6, 6.07) is 3.93. The van der Waals surface area contributed by atoms with Gasteiger partial charge in [0.25, 0.3) is 5.56 Å². The van der Waals surface area contributed by atoms with Crippen LogP contribution < -0.4 is 5.56 Å². The molecule has 0 bridgehead atoms. The van der Waals surface area contributed by atoms with Gasteiger partial charge in [-0.25, -0.2) is 0 Å². The fourth-order valence-electron chi connectivity index (χ4n) is 3.21. The predicted molar refractivity (Wildman–Crippen MR) is 82.0 cm³/mol. The highest BCUT2D eigenvalue weighted by molar-refractivity contribution is 7.13. The normalized spacial score (nSPS) is 16.0. The third-order valence-corrected chi connectivity index (χ3v) is 5.14. The summed E-state index contributed by atoms with van der Waals surface area (Å²) in [6.07, 6.45) is 5.83. The Kier molecular flexibility index (Phi) is 2.85. The Hall–Kier alpha value is -2.08. The van der Waals surface area contributed by atoms with E-state index in [0.717, 1.165) is 36.1 Å². The number of fused-ring (bicyclic) bond motifs is 1. The molecule has 0 aliphatic heterocycles. The second-order valence-corrected chi connectivity index (χ2v) is 6.42. The van der Waals surface area contributed by atoms with E-state index in [1.807, 2.05) is 17.5 Å². The van der Waals surface area contributed by atoms with Gasteiger partial charge in [-0.1, -0.05) is 18.9 Å². The van der Waals surface area contributed by atoms with Gasteiger partial charge < -0.3 is 10.1 Å². The number of H-pyrrole nitrogens is 1. The van der Waals surface area contributed by atoms with E-state index in [9.17, 15) is 9.90 Å². The molecular weight excluding hydrogens is 286 g/mol. The van der Waals surface area contributed by atoms with Gasteiger partial charge in [0.05, 0.1) is 17.3 Å². The molecule has 3 aromatic rings. The number of thiophene rings is 1. The molecule has 1 saturated carbocycles. The Morgan fingerprint density at radius 1 is 1.38 bits per heavy atom. The lowest BCUT2D eigenvalue weighted by atomic mass is 10.00. The van der Waals surface area contributed by atoms with Crippen LogP contribution in [0.3, 0.4) is 0 Å². The van der Waals surface area contributed by atoms with Crippen molar-refractivity contribution >= 4 is 17.0 Å². The maximum Gasteiger partial charge on any atom is 0.258 e. The predicted octanol–water partition coefficient (Wildman–Crippen LogP) is 3.11. The Balaban J connectivity index is 1.95. The number of nitrogens with zero attached hydrogens (tertiary/aromatic N) is 2. The van der Waals surface area contributed by atoms with Crippen LogP contribution in [0.15, 0.2) is 28.5 Å². The quantitative estimate of drug-likeness (QED) is 0.764. The third kappa shape index (κ3) is 1.90. The molecule has 1 aliphatic rings. The van der Waals surface area contributed by atoms with Crippen LogP contribution in [0.25, 0.3) is 16.1 Å². The number of aromatic hydroxyl groups is 1. The van der Waals surface area contributed by atoms with Crippen LogP contribution in [-0.2, 0) is 0 Å². The Morgan fingerprint density at radius 3 is 2.90 bits per heavy atom. The number of nitrogens with one attached hydrogen (secondary N) is 1. The standard InChI is InChI=1S/C15H15N3O2S/c19-14-12(9-4-1-2-5-9)15(20)18-13(17-14)10(8-16-18)11-6-3-7-21-11/h3,6-9,20H,1-2,4-5H2,(H,17,19). The molecule has 1 fully saturated rings. The van der Waals surface area contributed by atoms with Crippen LogP contribution in [0.5, 0.6) is 5.88 Å². The van der Waals surface area contributed by atoms with E-state index in [1.165, 1.54) is 4.52 Å². The molecule has 108 valence electrons. The number of rotatable bonds is 2. The van der Waals surface area contributed by atoms with E-state index in [2.05, 4.69) is 10.1 Å². The van der Waals surface area contributed by atoms with Crippen LogP contribution in [0.1, 0.15) is 37.2 Å². The van der Waals surface area contributed by atoms with E-state index in [-0.39, 0.29) is 17.4 Å². The lowest BCUT2D eigenvalue weighted by Crippen LogP contribution is -2.18. The summed E-state index contributed by atoms with van der Waals surface area (Å²) < 4.78 is 1.45. The van der Waals surface area contributed by atoms with Crippen LogP contribution in [-0.4, -0.2) is 19.7 Å². The second kappa shape index (κ2) is 4.73. The summed E-state index contributed by atoms with van der Waals surface area (Å²) >= 11 is 1.58. The van der Waals surface area contributed by atoms with Gasteiger partial charge in [-0.05, 0) is 30.2 Å². The van der Waals surface area contributed by atoms with E-state index in [1.54, 1.807) is 17.5 Å². The molecule has 4 rings (SSSR count). The Labute approximate surface area is 124 Å². The molecule has 0 amide bonds. The van der Waals surface area contributed by atoms with Crippen LogP contribution >= 0.6 is 11.3 Å². The summed E-state index contributed by atoms with van der Waals surface area (Å²) in [5.41, 5.74) is 1.70. The fraction of sp³-hybridized carbons (Fsp3) is 0.333. The van der Waals surface area contributed by atoms with E-state index in [4.69, 9.17) is 0 Å². The molecule has 0 aromatic carbocycles. The molecule has 3 heterocycles. The smallest absolute Gasteiger partial charge is 0.258 e. The summed E-state index contributed by atoms with van der Waals surface area (Å²) in [7, 11) is 0. The largest absolute Gasteiger partial charge is 0.493 e. The topological polar surface area (TPSA) is 70.4 Å². The van der Waals surface area contributed by atoms with Gasteiger partial charge in [0.2, 0.25) is 5.88 Å². The number of hydrogen-bond acceptors (Lipinski definition) is 4. The average molecular weight is 301 g/mol. The molecule has 0 saturated heterocycles. The lowest BCUT2D eigenvalue weighted by molar-refractivity contribution is 0.419. The van der Waals surface area contributed by atoms with Crippen molar-refractivity contribution in [3.8, 4) is 16.3 Å². The van der Waals surface area contributed by atoms with Gasteiger partial charge in [-0.2, -0.15) is 9.61 Å². The summed E-state index contributed by atoms with van der Waals surface area (Å²) in [6.45, 7) is 0. The second-order valence-electron chi connectivity index (χ2n) is 5.47. The average Bonchev–Trinajstić information content (AvgIpc) is 3.19. The third-order valence-electron chi connectivity index (χ3n) is 4.24. The highest BCUT2D eigenvalue weighted by Crippen LogP contribution is 2.37. The molecule has 2 N–H and O–H groups in total. The number of aromatic amines is 1. The van der Waals surface area contributed by atoms with Crippen molar-refractivity contribution in [3.63, 3.8) is 0 Å². The molecule has 21 heavy (non-hydrogen) atoms. The highest BCUT2D eigenvalue weighted by Gasteiger charge is 2.26. The van der Waals surface area contributed by atoms with Crippen LogP contribution in [0.2, 0.25) is 0 Å². The van der Waals surface area contributed by atoms with Crippen molar-refractivity contribution in [2.75, 3.05) is 0 Å². The van der Waals surface area contributed by atoms with Crippen molar-refractivity contribution in [1.82, 2.24) is 14.6 Å². The fourth-order valence-corrected chi connectivity index (χ4v) is 3.95. The zero-order valence-electron chi connectivity index (χ0n) is 11.4. The van der Waals surface area contributed by atoms with E-state index < -0.39 is 0 Å². The van der Waals surface area contributed by atoms with Gasteiger partial charge in [-0.15, -0.1) is 11.3 Å². The molecule has 0 spiro atoms. The Bertz CT molecular complexity index is 842. The molecule has 0 atom stereocenters. The highest BCUT2D eigenvalue weighted by atomic mass is 32.1. The maximum atomic E-state index is 12.4. The number of hydrogen-bond donors (Lipinski definition) is 2. The lowest BCUT2D eigenvalue weighted by Gasteiger charge is -2.11. The number of aromatic nitrogens is 3. The summed E-state index contributed by atoms with van der Waals surface area (Å²) in [5.74, 6) is 0.135. The minimum Gasteiger partial charge on any atom is -0.493 e.